The second-order valence-electron chi connectivity index (χ2n) is 4.68. The third-order valence-electron chi connectivity index (χ3n) is 2.82. The van der Waals surface area contributed by atoms with Crippen LogP contribution < -0.4 is 10.0 Å². The van der Waals surface area contributed by atoms with E-state index in [4.69, 9.17) is 0 Å². The van der Waals surface area contributed by atoms with E-state index < -0.39 is 10.2 Å². The second-order valence-corrected chi connectivity index (χ2v) is 7.76. The average Bonchev–Trinajstić information content (AvgIpc) is 2.80. The molecule has 0 fully saturated rings. The average molecular weight is 320 g/mol. The molecule has 0 aromatic carbocycles. The van der Waals surface area contributed by atoms with Crippen molar-refractivity contribution >= 4 is 21.5 Å². The first kappa shape index (κ1) is 17.5. The maximum atomic E-state index is 12.2. The quantitative estimate of drug-likeness (QED) is 0.672. The number of rotatable bonds is 9. The highest BCUT2D eigenvalue weighted by Crippen LogP contribution is 2.19. The van der Waals surface area contributed by atoms with Gasteiger partial charge >= 0.3 is 0 Å². The monoisotopic (exact) mass is 320 g/mol. The summed E-state index contributed by atoms with van der Waals surface area (Å²) in [4.78, 5) is 5.28. The Kier molecular flexibility index (Phi) is 7.04. The van der Waals surface area contributed by atoms with Gasteiger partial charge in [-0.1, -0.05) is 6.92 Å². The van der Waals surface area contributed by atoms with Gasteiger partial charge < -0.3 is 5.32 Å². The summed E-state index contributed by atoms with van der Waals surface area (Å²) in [6.45, 7) is 8.00. The molecule has 116 valence electrons. The fourth-order valence-electron chi connectivity index (χ4n) is 1.66. The lowest BCUT2D eigenvalue weighted by molar-refractivity contribution is 0.439. The maximum Gasteiger partial charge on any atom is 0.279 e. The van der Waals surface area contributed by atoms with Gasteiger partial charge in [0.1, 0.15) is 5.01 Å². The molecule has 1 rings (SSSR count). The molecule has 0 saturated heterocycles. The van der Waals surface area contributed by atoms with Gasteiger partial charge in [-0.2, -0.15) is 17.4 Å². The summed E-state index contributed by atoms with van der Waals surface area (Å²) in [6.07, 6.45) is 2.54. The largest absolute Gasteiger partial charge is 0.317 e. The molecule has 2 N–H and O–H groups in total. The van der Waals surface area contributed by atoms with Gasteiger partial charge in [-0.3, -0.25) is 0 Å². The highest BCUT2D eigenvalue weighted by Gasteiger charge is 2.21. The molecule has 8 heteroatoms. The third-order valence-corrected chi connectivity index (χ3v) is 5.57. The van der Waals surface area contributed by atoms with E-state index in [9.17, 15) is 8.42 Å². The zero-order valence-corrected chi connectivity index (χ0v) is 14.1. The van der Waals surface area contributed by atoms with Crippen LogP contribution >= 0.6 is 11.3 Å². The first-order chi connectivity index (χ1) is 9.36. The summed E-state index contributed by atoms with van der Waals surface area (Å²) in [6, 6.07) is -0.310. The highest BCUT2D eigenvalue weighted by atomic mass is 32.2. The Bertz CT molecular complexity index is 501. The number of aromatic nitrogens is 1. The van der Waals surface area contributed by atoms with Crippen LogP contribution in [0.25, 0.3) is 0 Å². The van der Waals surface area contributed by atoms with Gasteiger partial charge in [0.15, 0.2) is 0 Å². The zero-order chi connectivity index (χ0) is 15.2. The Morgan fingerprint density at radius 3 is 2.75 bits per heavy atom. The summed E-state index contributed by atoms with van der Waals surface area (Å²) in [5.41, 5.74) is 0. The van der Waals surface area contributed by atoms with Crippen molar-refractivity contribution in [2.75, 3.05) is 26.7 Å². The number of nitrogens with zero attached hydrogens (tertiary/aromatic N) is 2. The van der Waals surface area contributed by atoms with Crippen LogP contribution in [-0.2, 0) is 10.2 Å². The third kappa shape index (κ3) is 5.45. The molecule has 0 saturated carbocycles. The van der Waals surface area contributed by atoms with E-state index in [0.29, 0.717) is 6.54 Å². The Morgan fingerprint density at radius 1 is 1.50 bits per heavy atom. The lowest BCUT2D eigenvalue weighted by atomic mass is 10.4. The van der Waals surface area contributed by atoms with E-state index in [0.717, 1.165) is 29.4 Å². The first-order valence-corrected chi connectivity index (χ1v) is 8.99. The lowest BCUT2D eigenvalue weighted by Crippen LogP contribution is -2.40. The van der Waals surface area contributed by atoms with Gasteiger partial charge in [-0.05, 0) is 33.4 Å². The van der Waals surface area contributed by atoms with Crippen molar-refractivity contribution in [3.05, 3.63) is 16.1 Å². The summed E-state index contributed by atoms with van der Waals surface area (Å²) in [5, 5.41) is 3.96. The molecule has 0 bridgehead atoms. The van der Waals surface area contributed by atoms with Crippen molar-refractivity contribution in [1.82, 2.24) is 19.3 Å². The van der Waals surface area contributed by atoms with E-state index in [1.807, 2.05) is 20.8 Å². The van der Waals surface area contributed by atoms with E-state index >= 15 is 0 Å². The molecule has 1 aromatic rings. The summed E-state index contributed by atoms with van der Waals surface area (Å²) in [7, 11) is -1.87. The topological polar surface area (TPSA) is 74.3 Å². The normalized spacial score (nSPS) is 13.8. The van der Waals surface area contributed by atoms with E-state index in [-0.39, 0.29) is 6.04 Å². The van der Waals surface area contributed by atoms with Crippen LogP contribution in [0.5, 0.6) is 0 Å². The molecule has 0 radical (unpaired) electrons. The van der Waals surface area contributed by atoms with Crippen LogP contribution in [0, 0.1) is 6.92 Å². The minimum atomic E-state index is -3.46. The molecule has 20 heavy (non-hydrogen) atoms. The Labute approximate surface area is 125 Å². The van der Waals surface area contributed by atoms with E-state index in [2.05, 4.69) is 15.0 Å². The molecular formula is C12H24N4O2S2. The molecule has 1 aromatic heterocycles. The fourth-order valence-corrected chi connectivity index (χ4v) is 3.62. The molecule has 1 atom stereocenters. The maximum absolute atomic E-state index is 12.2. The van der Waals surface area contributed by atoms with Crippen molar-refractivity contribution in [3.63, 3.8) is 0 Å². The van der Waals surface area contributed by atoms with Crippen LogP contribution in [0.4, 0.5) is 0 Å². The van der Waals surface area contributed by atoms with Crippen molar-refractivity contribution in [2.24, 2.45) is 0 Å². The smallest absolute Gasteiger partial charge is 0.279 e. The molecule has 1 heterocycles. The summed E-state index contributed by atoms with van der Waals surface area (Å²) in [5.74, 6) is 0. The van der Waals surface area contributed by atoms with Gasteiger partial charge in [-0.15, -0.1) is 11.3 Å². The molecule has 0 aliphatic carbocycles. The van der Waals surface area contributed by atoms with Crippen molar-refractivity contribution in [3.8, 4) is 0 Å². The number of hydrogen-bond donors (Lipinski definition) is 2. The van der Waals surface area contributed by atoms with Crippen LogP contribution in [0.1, 0.15) is 36.2 Å². The number of hydrogen-bond acceptors (Lipinski definition) is 5. The highest BCUT2D eigenvalue weighted by molar-refractivity contribution is 7.87. The van der Waals surface area contributed by atoms with Gasteiger partial charge in [0, 0.05) is 24.7 Å². The minimum absolute atomic E-state index is 0.310. The van der Waals surface area contributed by atoms with Crippen molar-refractivity contribution < 1.29 is 8.42 Å². The van der Waals surface area contributed by atoms with Crippen LogP contribution in [0.2, 0.25) is 0 Å². The standard InChI is InChI=1S/C12H24N4O2S2/c1-5-13-7-6-8-16(4)20(17,18)15-11(3)12-14-9-10(2)19-12/h9,11,13,15H,5-8H2,1-4H3. The SMILES string of the molecule is CCNCCCN(C)S(=O)(=O)NC(C)c1ncc(C)s1. The molecule has 0 aliphatic rings. The van der Waals surface area contributed by atoms with Crippen molar-refractivity contribution in [2.45, 2.75) is 33.2 Å². The summed E-state index contributed by atoms with van der Waals surface area (Å²) >= 11 is 1.51. The Hall–Kier alpha value is -0.540. The molecule has 0 aliphatic heterocycles. The van der Waals surface area contributed by atoms with Gasteiger partial charge in [-0.25, -0.2) is 4.98 Å². The summed E-state index contributed by atoms with van der Waals surface area (Å²) < 4.78 is 28.3. The van der Waals surface area contributed by atoms with Crippen LogP contribution in [-0.4, -0.2) is 44.4 Å². The predicted octanol–water partition coefficient (Wildman–Crippen LogP) is 1.28. The zero-order valence-electron chi connectivity index (χ0n) is 12.5. The second kappa shape index (κ2) is 8.04. The molecular weight excluding hydrogens is 296 g/mol. The van der Waals surface area contributed by atoms with Gasteiger partial charge in [0.05, 0.1) is 6.04 Å². The van der Waals surface area contributed by atoms with Crippen LogP contribution in [0.3, 0.4) is 0 Å². The minimum Gasteiger partial charge on any atom is -0.317 e. The number of aryl methyl sites for hydroxylation is 1. The van der Waals surface area contributed by atoms with Gasteiger partial charge in [0.2, 0.25) is 0 Å². The Balaban J connectivity index is 2.51. The van der Waals surface area contributed by atoms with Crippen molar-refractivity contribution in [1.29, 1.82) is 0 Å². The molecule has 6 nitrogen and oxygen atoms in total. The number of thiazole rings is 1. The predicted molar refractivity (Wildman–Crippen MR) is 83.1 cm³/mol. The van der Waals surface area contributed by atoms with E-state index in [1.54, 1.807) is 13.2 Å². The number of nitrogens with one attached hydrogen (secondary N) is 2. The van der Waals surface area contributed by atoms with E-state index in [1.165, 1.54) is 15.6 Å². The molecule has 0 spiro atoms. The first-order valence-electron chi connectivity index (χ1n) is 6.73. The molecule has 0 amide bonds. The molecule has 1 unspecified atom stereocenters. The van der Waals surface area contributed by atoms with Crippen LogP contribution in [0.15, 0.2) is 6.20 Å². The Morgan fingerprint density at radius 2 is 2.20 bits per heavy atom. The van der Waals surface area contributed by atoms with Gasteiger partial charge in [0.25, 0.3) is 10.2 Å². The fraction of sp³-hybridized carbons (Fsp3) is 0.750. The lowest BCUT2D eigenvalue weighted by Gasteiger charge is -2.20.